The van der Waals surface area contributed by atoms with Gasteiger partial charge in [-0.15, -0.1) is 0 Å². The van der Waals surface area contributed by atoms with Crippen LogP contribution in [0.2, 0.25) is 0 Å². The average Bonchev–Trinajstić information content (AvgIpc) is 2.53. The molecule has 102 valence electrons. The van der Waals surface area contributed by atoms with Gasteiger partial charge in [-0.05, 0) is 30.7 Å². The van der Waals surface area contributed by atoms with Crippen LogP contribution >= 0.6 is 0 Å². The molecule has 0 fully saturated rings. The van der Waals surface area contributed by atoms with Gasteiger partial charge in [-0.1, -0.05) is 25.1 Å². The van der Waals surface area contributed by atoms with Gasteiger partial charge in [-0.2, -0.15) is 5.26 Å². The monoisotopic (exact) mass is 267 g/mol. The van der Waals surface area contributed by atoms with Crippen molar-refractivity contribution in [1.82, 2.24) is 4.98 Å². The Morgan fingerprint density at radius 3 is 2.65 bits per heavy atom. The van der Waals surface area contributed by atoms with Crippen LogP contribution in [0.3, 0.4) is 0 Å². The Labute approximate surface area is 118 Å². The first kappa shape index (κ1) is 14.0. The standard InChI is InChI=1S/C16H17N3O/c1-2-13(18)16(14-8-5-6-10-19-14)20-15-9-4-3-7-12(15)11-17/h3-10,13,16H,2,18H2,1H3. The van der Waals surface area contributed by atoms with E-state index in [9.17, 15) is 0 Å². The van der Waals surface area contributed by atoms with Crippen molar-refractivity contribution in [2.24, 2.45) is 5.73 Å². The fourth-order valence-corrected chi connectivity index (χ4v) is 1.92. The summed E-state index contributed by atoms with van der Waals surface area (Å²) in [5.74, 6) is 0.537. The predicted octanol–water partition coefficient (Wildman–Crippen LogP) is 2.81. The minimum absolute atomic E-state index is 0.184. The smallest absolute Gasteiger partial charge is 0.155 e. The highest BCUT2D eigenvalue weighted by Gasteiger charge is 2.22. The van der Waals surface area contributed by atoms with E-state index in [4.69, 9.17) is 15.7 Å². The van der Waals surface area contributed by atoms with E-state index in [-0.39, 0.29) is 12.1 Å². The van der Waals surface area contributed by atoms with Gasteiger partial charge in [0.1, 0.15) is 11.8 Å². The number of nitrogens with zero attached hydrogens (tertiary/aromatic N) is 2. The number of hydrogen-bond donors (Lipinski definition) is 1. The van der Waals surface area contributed by atoms with Crippen LogP contribution in [0.4, 0.5) is 0 Å². The van der Waals surface area contributed by atoms with E-state index in [1.165, 1.54) is 0 Å². The van der Waals surface area contributed by atoms with E-state index < -0.39 is 0 Å². The number of aromatic nitrogens is 1. The van der Waals surface area contributed by atoms with Gasteiger partial charge in [0.2, 0.25) is 0 Å². The topological polar surface area (TPSA) is 71.9 Å². The molecule has 0 saturated carbocycles. The van der Waals surface area contributed by atoms with E-state index in [1.54, 1.807) is 24.4 Å². The van der Waals surface area contributed by atoms with Crippen LogP contribution in [-0.2, 0) is 0 Å². The number of hydrogen-bond acceptors (Lipinski definition) is 4. The van der Waals surface area contributed by atoms with Crippen molar-refractivity contribution in [3.8, 4) is 11.8 Å². The Bertz CT molecular complexity index is 592. The maximum Gasteiger partial charge on any atom is 0.155 e. The Morgan fingerprint density at radius 2 is 2.00 bits per heavy atom. The van der Waals surface area contributed by atoms with E-state index in [0.29, 0.717) is 11.3 Å². The summed E-state index contributed by atoms with van der Waals surface area (Å²) < 4.78 is 5.97. The zero-order valence-electron chi connectivity index (χ0n) is 11.4. The van der Waals surface area contributed by atoms with Crippen LogP contribution in [0.1, 0.15) is 30.7 Å². The summed E-state index contributed by atoms with van der Waals surface area (Å²) in [5.41, 5.74) is 7.41. The maximum atomic E-state index is 9.12. The van der Waals surface area contributed by atoms with Gasteiger partial charge in [0.15, 0.2) is 6.10 Å². The Balaban J connectivity index is 2.32. The second kappa shape index (κ2) is 6.69. The number of benzene rings is 1. The van der Waals surface area contributed by atoms with Gasteiger partial charge in [0.05, 0.1) is 11.3 Å². The lowest BCUT2D eigenvalue weighted by Gasteiger charge is -2.24. The first-order valence-corrected chi connectivity index (χ1v) is 6.58. The highest BCUT2D eigenvalue weighted by Crippen LogP contribution is 2.26. The van der Waals surface area contributed by atoms with Crippen molar-refractivity contribution in [2.45, 2.75) is 25.5 Å². The summed E-state index contributed by atoms with van der Waals surface area (Å²) in [5, 5.41) is 9.12. The van der Waals surface area contributed by atoms with Crippen molar-refractivity contribution in [2.75, 3.05) is 0 Å². The van der Waals surface area contributed by atoms with E-state index in [1.807, 2.05) is 31.2 Å². The second-order valence-corrected chi connectivity index (χ2v) is 4.47. The molecule has 1 aromatic carbocycles. The molecule has 2 unspecified atom stereocenters. The zero-order valence-corrected chi connectivity index (χ0v) is 11.4. The molecule has 4 heteroatoms. The summed E-state index contributed by atoms with van der Waals surface area (Å²) in [4.78, 5) is 4.31. The normalized spacial score (nSPS) is 13.2. The van der Waals surface area contributed by atoms with Gasteiger partial charge >= 0.3 is 0 Å². The molecule has 2 N–H and O–H groups in total. The van der Waals surface area contributed by atoms with Gasteiger partial charge in [0.25, 0.3) is 0 Å². The lowest BCUT2D eigenvalue weighted by molar-refractivity contribution is 0.166. The lowest BCUT2D eigenvalue weighted by Crippen LogP contribution is -2.32. The molecule has 2 rings (SSSR count). The minimum Gasteiger partial charge on any atom is -0.481 e. The van der Waals surface area contributed by atoms with Crippen molar-refractivity contribution >= 4 is 0 Å². The Kier molecular flexibility index (Phi) is 4.70. The molecular weight excluding hydrogens is 250 g/mol. The van der Waals surface area contributed by atoms with Crippen LogP contribution in [-0.4, -0.2) is 11.0 Å². The summed E-state index contributed by atoms with van der Waals surface area (Å²) >= 11 is 0. The third-order valence-electron chi connectivity index (χ3n) is 3.10. The van der Waals surface area contributed by atoms with Crippen LogP contribution in [0.15, 0.2) is 48.7 Å². The van der Waals surface area contributed by atoms with Crippen molar-refractivity contribution in [1.29, 1.82) is 5.26 Å². The van der Waals surface area contributed by atoms with Crippen molar-refractivity contribution in [3.05, 3.63) is 59.9 Å². The first-order valence-electron chi connectivity index (χ1n) is 6.58. The molecule has 0 saturated heterocycles. The highest BCUT2D eigenvalue weighted by atomic mass is 16.5. The third kappa shape index (κ3) is 3.14. The number of rotatable bonds is 5. The zero-order chi connectivity index (χ0) is 14.4. The molecule has 0 bridgehead atoms. The van der Waals surface area contributed by atoms with Gasteiger partial charge in [-0.25, -0.2) is 0 Å². The minimum atomic E-state index is -0.365. The van der Waals surface area contributed by atoms with Crippen molar-refractivity contribution in [3.63, 3.8) is 0 Å². The molecule has 2 aromatic rings. The molecule has 0 aliphatic rings. The molecule has 2 atom stereocenters. The summed E-state index contributed by atoms with van der Waals surface area (Å²) in [7, 11) is 0. The van der Waals surface area contributed by atoms with E-state index in [0.717, 1.165) is 12.1 Å². The molecule has 20 heavy (non-hydrogen) atoms. The van der Waals surface area contributed by atoms with E-state index in [2.05, 4.69) is 11.1 Å². The number of nitrogens with two attached hydrogens (primary N) is 1. The second-order valence-electron chi connectivity index (χ2n) is 4.47. The third-order valence-corrected chi connectivity index (χ3v) is 3.10. The maximum absolute atomic E-state index is 9.12. The molecule has 0 spiro atoms. The quantitative estimate of drug-likeness (QED) is 0.904. The molecule has 1 heterocycles. The number of para-hydroxylation sites is 1. The van der Waals surface area contributed by atoms with Gasteiger partial charge in [-0.3, -0.25) is 4.98 Å². The highest BCUT2D eigenvalue weighted by molar-refractivity contribution is 5.42. The Hall–Kier alpha value is -2.38. The van der Waals surface area contributed by atoms with Crippen molar-refractivity contribution < 1.29 is 4.74 Å². The molecule has 0 amide bonds. The Morgan fingerprint density at radius 1 is 1.25 bits per heavy atom. The molecule has 4 nitrogen and oxygen atoms in total. The lowest BCUT2D eigenvalue weighted by atomic mass is 10.1. The molecular formula is C16H17N3O. The fraction of sp³-hybridized carbons (Fsp3) is 0.250. The molecule has 0 radical (unpaired) electrons. The van der Waals surface area contributed by atoms with Crippen LogP contribution in [0, 0.1) is 11.3 Å². The molecule has 0 aliphatic heterocycles. The summed E-state index contributed by atoms with van der Waals surface area (Å²) in [6.07, 6.45) is 2.11. The summed E-state index contributed by atoms with van der Waals surface area (Å²) in [6, 6.07) is 14.7. The molecule has 1 aromatic heterocycles. The SMILES string of the molecule is CCC(N)C(Oc1ccccc1C#N)c1ccccn1. The molecule has 0 aliphatic carbocycles. The largest absolute Gasteiger partial charge is 0.481 e. The summed E-state index contributed by atoms with van der Waals surface area (Å²) in [6.45, 7) is 2.00. The van der Waals surface area contributed by atoms with Gasteiger partial charge in [0, 0.05) is 12.2 Å². The average molecular weight is 267 g/mol. The van der Waals surface area contributed by atoms with Gasteiger partial charge < -0.3 is 10.5 Å². The van der Waals surface area contributed by atoms with Crippen LogP contribution in [0.5, 0.6) is 5.75 Å². The number of pyridine rings is 1. The van der Waals surface area contributed by atoms with E-state index >= 15 is 0 Å². The predicted molar refractivity (Wildman–Crippen MR) is 77.0 cm³/mol. The van der Waals surface area contributed by atoms with Crippen LogP contribution in [0.25, 0.3) is 0 Å². The number of nitriles is 1. The first-order chi connectivity index (χ1) is 9.76. The fourth-order valence-electron chi connectivity index (χ4n) is 1.92. The van der Waals surface area contributed by atoms with Crippen LogP contribution < -0.4 is 10.5 Å². The number of ether oxygens (including phenoxy) is 1.